The molecule has 1 saturated carbocycles. The van der Waals surface area contributed by atoms with E-state index in [9.17, 15) is 0 Å². The van der Waals surface area contributed by atoms with Crippen LogP contribution in [0.3, 0.4) is 0 Å². The van der Waals surface area contributed by atoms with Crippen molar-refractivity contribution in [2.45, 2.75) is 70.4 Å². The quantitative estimate of drug-likeness (QED) is 0.898. The molecular weight excluding hydrogens is 254 g/mol. The summed E-state index contributed by atoms with van der Waals surface area (Å²) in [6, 6.07) is 0. The molecule has 5 nitrogen and oxygen atoms in total. The van der Waals surface area contributed by atoms with E-state index < -0.39 is 0 Å². The first kappa shape index (κ1) is 15.4. The molecule has 0 amide bonds. The molecule has 2 atom stereocenters. The van der Waals surface area contributed by atoms with Gasteiger partial charge in [-0.25, -0.2) is 0 Å². The Morgan fingerprint density at radius 3 is 2.85 bits per heavy atom. The molecule has 0 aromatic carbocycles. The zero-order valence-electron chi connectivity index (χ0n) is 13.1. The normalized spacial score (nSPS) is 27.8. The van der Waals surface area contributed by atoms with Crippen molar-refractivity contribution in [3.8, 4) is 0 Å². The minimum Gasteiger partial charge on any atom is -0.370 e. The molecule has 0 aliphatic heterocycles. The molecule has 0 radical (unpaired) electrons. The second kappa shape index (κ2) is 5.82. The maximum absolute atomic E-state index is 5.99. The van der Waals surface area contributed by atoms with Gasteiger partial charge in [-0.15, -0.1) is 0 Å². The average molecular weight is 281 g/mol. The monoisotopic (exact) mass is 281 g/mol. The number of hydrogen-bond donors (Lipinski definition) is 1. The first-order chi connectivity index (χ1) is 9.35. The molecule has 20 heavy (non-hydrogen) atoms. The van der Waals surface area contributed by atoms with Crippen molar-refractivity contribution in [1.29, 1.82) is 0 Å². The Kier molecular flexibility index (Phi) is 4.49. The molecule has 1 aromatic heterocycles. The van der Waals surface area contributed by atoms with Crippen LogP contribution < -0.4 is 5.73 Å². The number of ether oxygens (including phenoxy) is 1. The fourth-order valence-electron chi connectivity index (χ4n) is 2.95. The van der Waals surface area contributed by atoms with E-state index in [0.717, 1.165) is 25.7 Å². The zero-order valence-corrected chi connectivity index (χ0v) is 13.1. The van der Waals surface area contributed by atoms with Gasteiger partial charge in [0, 0.05) is 19.1 Å². The number of nitrogens with zero attached hydrogens (tertiary/aromatic N) is 2. The van der Waals surface area contributed by atoms with Crippen molar-refractivity contribution >= 4 is 0 Å². The van der Waals surface area contributed by atoms with Crippen molar-refractivity contribution in [3.05, 3.63) is 11.7 Å². The highest BCUT2D eigenvalue weighted by Gasteiger charge is 2.40. The van der Waals surface area contributed by atoms with Crippen LogP contribution in [0.15, 0.2) is 4.52 Å². The van der Waals surface area contributed by atoms with Gasteiger partial charge >= 0.3 is 0 Å². The van der Waals surface area contributed by atoms with E-state index in [1.807, 2.05) is 13.8 Å². The molecule has 0 spiro atoms. The lowest BCUT2D eigenvalue weighted by Gasteiger charge is -2.36. The number of methoxy groups -OCH3 is 1. The first-order valence-corrected chi connectivity index (χ1v) is 7.52. The number of aryl methyl sites for hydroxylation is 1. The lowest BCUT2D eigenvalue weighted by molar-refractivity contribution is -0.0658. The van der Waals surface area contributed by atoms with E-state index in [4.69, 9.17) is 15.0 Å². The second-order valence-electron chi connectivity index (χ2n) is 6.90. The summed E-state index contributed by atoms with van der Waals surface area (Å²) in [5.41, 5.74) is 5.41. The van der Waals surface area contributed by atoms with Crippen LogP contribution in [0.2, 0.25) is 0 Å². The molecule has 1 aliphatic carbocycles. The van der Waals surface area contributed by atoms with Gasteiger partial charge in [0.05, 0.1) is 0 Å². The molecule has 2 unspecified atom stereocenters. The summed E-state index contributed by atoms with van der Waals surface area (Å²) in [4.78, 5) is 4.56. The third-order valence-corrected chi connectivity index (χ3v) is 4.21. The van der Waals surface area contributed by atoms with Crippen molar-refractivity contribution in [1.82, 2.24) is 10.1 Å². The first-order valence-electron chi connectivity index (χ1n) is 7.52. The van der Waals surface area contributed by atoms with Crippen LogP contribution >= 0.6 is 0 Å². The molecule has 5 heteroatoms. The smallest absolute Gasteiger partial charge is 0.226 e. The maximum Gasteiger partial charge on any atom is 0.226 e. The molecular formula is C15H27N3O2. The second-order valence-corrected chi connectivity index (χ2v) is 6.90. The SMILES string of the molecule is COC1(c2noc(CCC(C)(C)N)n2)CCCC(C)C1. The minimum atomic E-state index is -0.363. The van der Waals surface area contributed by atoms with Gasteiger partial charge in [-0.3, -0.25) is 0 Å². The summed E-state index contributed by atoms with van der Waals surface area (Å²) in [6.07, 6.45) is 5.86. The Hall–Kier alpha value is -0.940. The summed E-state index contributed by atoms with van der Waals surface area (Å²) in [5, 5.41) is 4.17. The number of rotatable bonds is 5. The van der Waals surface area contributed by atoms with Crippen molar-refractivity contribution in [2.75, 3.05) is 7.11 Å². The van der Waals surface area contributed by atoms with Crippen LogP contribution in [0, 0.1) is 5.92 Å². The van der Waals surface area contributed by atoms with Gasteiger partial charge < -0.3 is 15.0 Å². The largest absolute Gasteiger partial charge is 0.370 e. The van der Waals surface area contributed by atoms with Gasteiger partial charge in [-0.2, -0.15) is 4.98 Å². The third-order valence-electron chi connectivity index (χ3n) is 4.21. The van der Waals surface area contributed by atoms with Crippen LogP contribution in [-0.2, 0) is 16.8 Å². The molecule has 1 fully saturated rings. The fourth-order valence-corrected chi connectivity index (χ4v) is 2.95. The van der Waals surface area contributed by atoms with Gasteiger partial charge in [-0.1, -0.05) is 18.5 Å². The van der Waals surface area contributed by atoms with Crippen LogP contribution in [0.5, 0.6) is 0 Å². The van der Waals surface area contributed by atoms with Gasteiger partial charge in [-0.05, 0) is 45.4 Å². The number of aromatic nitrogens is 2. The molecule has 2 rings (SSSR count). The summed E-state index contributed by atoms with van der Waals surface area (Å²) in [6.45, 7) is 6.26. The molecule has 0 bridgehead atoms. The zero-order chi connectivity index (χ0) is 14.8. The molecule has 1 heterocycles. The third kappa shape index (κ3) is 3.58. The van der Waals surface area contributed by atoms with Gasteiger partial charge in [0.1, 0.15) is 5.60 Å². The highest BCUT2D eigenvalue weighted by Crippen LogP contribution is 2.41. The highest BCUT2D eigenvalue weighted by molar-refractivity contribution is 5.04. The van der Waals surface area contributed by atoms with Crippen molar-refractivity contribution in [3.63, 3.8) is 0 Å². The summed E-state index contributed by atoms with van der Waals surface area (Å²) >= 11 is 0. The average Bonchev–Trinajstić information content (AvgIpc) is 2.85. The van der Waals surface area contributed by atoms with E-state index in [1.165, 1.54) is 6.42 Å². The molecule has 114 valence electrons. The summed E-state index contributed by atoms with van der Waals surface area (Å²) in [5.74, 6) is 2.00. The fraction of sp³-hybridized carbons (Fsp3) is 0.867. The van der Waals surface area contributed by atoms with Crippen LogP contribution in [0.1, 0.15) is 64.6 Å². The standard InChI is InChI=1S/C15H27N3O2/c1-11-6-5-8-15(10-11,19-4)13-17-12(20-18-13)7-9-14(2,3)16/h11H,5-10,16H2,1-4H3. The Morgan fingerprint density at radius 2 is 2.25 bits per heavy atom. The van der Waals surface area contributed by atoms with Crippen molar-refractivity contribution in [2.24, 2.45) is 11.7 Å². The Bertz CT molecular complexity index is 439. The van der Waals surface area contributed by atoms with Crippen LogP contribution in [-0.4, -0.2) is 22.8 Å². The minimum absolute atomic E-state index is 0.215. The van der Waals surface area contributed by atoms with E-state index in [-0.39, 0.29) is 11.1 Å². The van der Waals surface area contributed by atoms with Crippen LogP contribution in [0.4, 0.5) is 0 Å². The lowest BCUT2D eigenvalue weighted by Crippen LogP contribution is -2.35. The number of nitrogens with two attached hydrogens (primary N) is 1. The Balaban J connectivity index is 2.10. The Labute approximate surface area is 121 Å². The highest BCUT2D eigenvalue weighted by atomic mass is 16.5. The summed E-state index contributed by atoms with van der Waals surface area (Å²) in [7, 11) is 1.75. The van der Waals surface area contributed by atoms with E-state index in [0.29, 0.717) is 24.1 Å². The molecule has 1 aliphatic rings. The maximum atomic E-state index is 5.99. The van der Waals surface area contributed by atoms with E-state index in [1.54, 1.807) is 7.11 Å². The topological polar surface area (TPSA) is 74.2 Å². The molecule has 1 aromatic rings. The number of hydrogen-bond acceptors (Lipinski definition) is 5. The Morgan fingerprint density at radius 1 is 1.50 bits per heavy atom. The predicted octanol–water partition coefficient (Wildman–Crippen LogP) is 2.79. The van der Waals surface area contributed by atoms with Gasteiger partial charge in [0.25, 0.3) is 0 Å². The van der Waals surface area contributed by atoms with E-state index >= 15 is 0 Å². The van der Waals surface area contributed by atoms with Crippen molar-refractivity contribution < 1.29 is 9.26 Å². The lowest BCUT2D eigenvalue weighted by atomic mass is 9.78. The van der Waals surface area contributed by atoms with Gasteiger partial charge in [0.2, 0.25) is 11.7 Å². The van der Waals surface area contributed by atoms with Gasteiger partial charge in [0.15, 0.2) is 0 Å². The molecule has 2 N–H and O–H groups in total. The predicted molar refractivity (Wildman–Crippen MR) is 77.2 cm³/mol. The summed E-state index contributed by atoms with van der Waals surface area (Å²) < 4.78 is 11.2. The van der Waals surface area contributed by atoms with Crippen LogP contribution in [0.25, 0.3) is 0 Å². The molecule has 0 saturated heterocycles. The van der Waals surface area contributed by atoms with E-state index in [2.05, 4.69) is 17.1 Å².